The van der Waals surface area contributed by atoms with E-state index in [0.29, 0.717) is 11.8 Å². The number of rotatable bonds is 0. The summed E-state index contributed by atoms with van der Waals surface area (Å²) in [5.41, 5.74) is 12.2. The molecule has 0 saturated carbocycles. The van der Waals surface area contributed by atoms with Gasteiger partial charge in [0.05, 0.1) is 0 Å². The van der Waals surface area contributed by atoms with E-state index in [4.69, 9.17) is 0 Å². The number of hydrogen-bond acceptors (Lipinski definition) is 0. The molecule has 0 aliphatic heterocycles. The fourth-order valence-corrected chi connectivity index (χ4v) is 3.13. The minimum atomic E-state index is 0. The second-order valence-corrected chi connectivity index (χ2v) is 6.68. The van der Waals surface area contributed by atoms with E-state index in [-0.39, 0.29) is 19.5 Å². The van der Waals surface area contributed by atoms with Crippen LogP contribution in [0.3, 0.4) is 0 Å². The zero-order valence-electron chi connectivity index (χ0n) is 15.5. The summed E-state index contributed by atoms with van der Waals surface area (Å²) in [6.45, 7) is 22.4. The molecule has 0 saturated heterocycles. The monoisotopic (exact) mass is 374 g/mol. The molecule has 0 unspecified atom stereocenters. The van der Waals surface area contributed by atoms with Crippen molar-refractivity contribution in [3.63, 3.8) is 0 Å². The van der Waals surface area contributed by atoms with Crippen molar-refractivity contribution in [2.75, 3.05) is 0 Å². The van der Waals surface area contributed by atoms with Gasteiger partial charge in [-0.15, -0.1) is 0 Å². The molecule has 0 fully saturated rings. The van der Waals surface area contributed by atoms with E-state index < -0.39 is 0 Å². The van der Waals surface area contributed by atoms with Crippen molar-refractivity contribution >= 4 is 0 Å². The molecule has 0 nitrogen and oxygen atoms in total. The first-order valence-corrected chi connectivity index (χ1v) is 7.81. The molecule has 0 bridgehead atoms. The van der Waals surface area contributed by atoms with E-state index >= 15 is 0 Å². The summed E-state index contributed by atoms with van der Waals surface area (Å²) in [6, 6.07) is 0. The fraction of sp³-hybridized carbons (Fsp3) is 0.600. The summed E-state index contributed by atoms with van der Waals surface area (Å²) < 4.78 is 0. The molecule has 0 aromatic heterocycles. The molecule has 1 heteroatoms. The van der Waals surface area contributed by atoms with Crippen LogP contribution in [0.4, 0.5) is 0 Å². The average molecular weight is 374 g/mol. The van der Waals surface area contributed by atoms with E-state index in [0.717, 1.165) is 0 Å². The summed E-state index contributed by atoms with van der Waals surface area (Å²) in [7, 11) is 0. The minimum absolute atomic E-state index is 0. The molecule has 0 atom stereocenters. The molecular formula is C20H32Ru. The molecule has 0 aromatic rings. The van der Waals surface area contributed by atoms with Gasteiger partial charge >= 0.3 is 0 Å². The smallest absolute Gasteiger partial charge is 0 e. The van der Waals surface area contributed by atoms with Crippen LogP contribution in [0.2, 0.25) is 0 Å². The maximum atomic E-state index is 2.28. The van der Waals surface area contributed by atoms with Crippen LogP contribution >= 0.6 is 0 Å². The molecular weight excluding hydrogens is 341 g/mol. The van der Waals surface area contributed by atoms with Gasteiger partial charge in [0, 0.05) is 19.5 Å². The second-order valence-electron chi connectivity index (χ2n) is 6.68. The first kappa shape index (κ1) is 20.6. The molecule has 0 aromatic carbocycles. The number of allylic oxidation sites excluding steroid dienone is 8. The van der Waals surface area contributed by atoms with Crippen LogP contribution in [0.15, 0.2) is 44.6 Å². The second kappa shape index (κ2) is 7.73. The van der Waals surface area contributed by atoms with Gasteiger partial charge < -0.3 is 0 Å². The Morgan fingerprint density at radius 2 is 0.571 bits per heavy atom. The molecule has 2 aliphatic rings. The Bertz CT molecular complexity index is 440. The third kappa shape index (κ3) is 3.86. The Kier molecular flexibility index (Phi) is 7.57. The summed E-state index contributed by atoms with van der Waals surface area (Å²) >= 11 is 0. The molecule has 120 valence electrons. The van der Waals surface area contributed by atoms with Crippen LogP contribution in [0.1, 0.15) is 69.2 Å². The van der Waals surface area contributed by atoms with Crippen LogP contribution < -0.4 is 0 Å². The van der Waals surface area contributed by atoms with Gasteiger partial charge in [-0.1, -0.05) is 36.1 Å². The van der Waals surface area contributed by atoms with E-state index in [2.05, 4.69) is 69.2 Å². The Morgan fingerprint density at radius 1 is 0.429 bits per heavy atom. The molecule has 0 N–H and O–H groups in total. The first-order valence-electron chi connectivity index (χ1n) is 7.81. The van der Waals surface area contributed by atoms with E-state index in [1.165, 1.54) is 22.3 Å². The molecule has 21 heavy (non-hydrogen) atoms. The molecule has 2 aliphatic carbocycles. The van der Waals surface area contributed by atoms with Gasteiger partial charge in [-0.05, 0) is 89.5 Å². The van der Waals surface area contributed by atoms with Gasteiger partial charge in [0.1, 0.15) is 0 Å². The largest absolute Gasteiger partial charge is 0.0632 e. The third-order valence-corrected chi connectivity index (χ3v) is 6.09. The third-order valence-electron chi connectivity index (χ3n) is 6.09. The summed E-state index contributed by atoms with van der Waals surface area (Å²) in [4.78, 5) is 0. The van der Waals surface area contributed by atoms with E-state index in [1.807, 2.05) is 0 Å². The Balaban J connectivity index is 0.000000364. The van der Waals surface area contributed by atoms with Crippen LogP contribution in [0.5, 0.6) is 0 Å². The Labute approximate surface area is 145 Å². The van der Waals surface area contributed by atoms with Crippen LogP contribution in [0.25, 0.3) is 0 Å². The van der Waals surface area contributed by atoms with Crippen molar-refractivity contribution in [1.82, 2.24) is 0 Å². The normalized spacial score (nSPS) is 20.3. The van der Waals surface area contributed by atoms with Crippen molar-refractivity contribution in [1.29, 1.82) is 0 Å². The van der Waals surface area contributed by atoms with E-state index in [1.54, 1.807) is 22.3 Å². The van der Waals surface area contributed by atoms with Crippen LogP contribution in [0, 0.1) is 11.8 Å². The van der Waals surface area contributed by atoms with E-state index in [9.17, 15) is 0 Å². The van der Waals surface area contributed by atoms with Crippen LogP contribution in [-0.2, 0) is 19.5 Å². The SMILES string of the molecule is CC1=C(C)C(C)C(C)=C1C.CC1=C(C)C(C)C(C)=C1C.[Ru]. The summed E-state index contributed by atoms with van der Waals surface area (Å²) in [5.74, 6) is 1.39. The Hall–Kier alpha value is -0.417. The van der Waals surface area contributed by atoms with Crippen molar-refractivity contribution in [2.24, 2.45) is 11.8 Å². The predicted molar refractivity (Wildman–Crippen MR) is 91.8 cm³/mol. The summed E-state index contributed by atoms with van der Waals surface area (Å²) in [6.07, 6.45) is 0. The number of hydrogen-bond donors (Lipinski definition) is 0. The van der Waals surface area contributed by atoms with Gasteiger partial charge in [-0.3, -0.25) is 0 Å². The van der Waals surface area contributed by atoms with Gasteiger partial charge in [0.2, 0.25) is 0 Å². The quantitative estimate of drug-likeness (QED) is 0.419. The Morgan fingerprint density at radius 3 is 0.619 bits per heavy atom. The van der Waals surface area contributed by atoms with Gasteiger partial charge in [-0.25, -0.2) is 0 Å². The first-order chi connectivity index (χ1) is 9.11. The fourth-order valence-electron chi connectivity index (χ4n) is 3.13. The van der Waals surface area contributed by atoms with Gasteiger partial charge in [-0.2, -0.15) is 0 Å². The average Bonchev–Trinajstić information content (AvgIpc) is 2.71. The molecule has 0 heterocycles. The van der Waals surface area contributed by atoms with Crippen molar-refractivity contribution < 1.29 is 19.5 Å². The predicted octanol–water partition coefficient (Wildman–Crippen LogP) is 6.62. The zero-order chi connectivity index (χ0) is 15.8. The zero-order valence-corrected chi connectivity index (χ0v) is 17.2. The van der Waals surface area contributed by atoms with Crippen molar-refractivity contribution in [3.8, 4) is 0 Å². The topological polar surface area (TPSA) is 0 Å². The van der Waals surface area contributed by atoms with Crippen LogP contribution in [-0.4, -0.2) is 0 Å². The van der Waals surface area contributed by atoms with Gasteiger partial charge in [0.25, 0.3) is 0 Å². The minimum Gasteiger partial charge on any atom is -0.0632 e. The standard InChI is InChI=1S/2C10H16.Ru/c2*1-6-7(2)9(4)10(5)8(6)3;/h2*6H,1-5H3;. The summed E-state index contributed by atoms with van der Waals surface area (Å²) in [5, 5.41) is 0. The van der Waals surface area contributed by atoms with Crippen molar-refractivity contribution in [2.45, 2.75) is 69.2 Å². The maximum absolute atomic E-state index is 2.28. The maximum Gasteiger partial charge on any atom is 0 e. The molecule has 2 rings (SSSR count). The van der Waals surface area contributed by atoms with Crippen molar-refractivity contribution in [3.05, 3.63) is 44.6 Å². The molecule has 0 spiro atoms. The molecule has 0 amide bonds. The molecule has 0 radical (unpaired) electrons. The van der Waals surface area contributed by atoms with Gasteiger partial charge in [0.15, 0.2) is 0 Å².